The first-order chi connectivity index (χ1) is 10.4. The van der Waals surface area contributed by atoms with Crippen molar-refractivity contribution in [2.24, 2.45) is 0 Å². The Morgan fingerprint density at radius 3 is 2.50 bits per heavy atom. The number of pyridine rings is 1. The first-order valence-electron chi connectivity index (χ1n) is 7.38. The van der Waals surface area contributed by atoms with Crippen LogP contribution in [0.25, 0.3) is 11.1 Å². The van der Waals surface area contributed by atoms with Gasteiger partial charge in [-0.05, 0) is 47.2 Å². The number of rotatable bonds is 4. The lowest BCUT2D eigenvalue weighted by Gasteiger charge is -2.24. The Bertz CT molecular complexity index is 711. The van der Waals surface area contributed by atoms with Crippen LogP contribution in [0, 0.1) is 0 Å². The topological polar surface area (TPSA) is 62.3 Å². The molecule has 0 aliphatic heterocycles. The van der Waals surface area contributed by atoms with Gasteiger partial charge in [-0.2, -0.15) is 0 Å². The lowest BCUT2D eigenvalue weighted by Crippen LogP contribution is -2.15. The Kier molecular flexibility index (Phi) is 4.71. The molecule has 0 amide bonds. The van der Waals surface area contributed by atoms with Crippen molar-refractivity contribution in [3.05, 3.63) is 51.9 Å². The minimum absolute atomic E-state index is 0.0236. The molecule has 0 saturated heterocycles. The number of aliphatic hydroxyl groups excluding tert-OH is 1. The van der Waals surface area contributed by atoms with Crippen LogP contribution < -0.4 is 10.3 Å². The summed E-state index contributed by atoms with van der Waals surface area (Å²) >= 11 is 0. The Morgan fingerprint density at radius 1 is 1.23 bits per heavy atom. The quantitative estimate of drug-likeness (QED) is 0.912. The van der Waals surface area contributed by atoms with Crippen LogP contribution in [0.3, 0.4) is 0 Å². The summed E-state index contributed by atoms with van der Waals surface area (Å²) < 4.78 is 5.51. The summed E-state index contributed by atoms with van der Waals surface area (Å²) in [5, 5.41) is 9.33. The average Bonchev–Trinajstić information content (AvgIpc) is 2.47. The first kappa shape index (κ1) is 16.3. The summed E-state index contributed by atoms with van der Waals surface area (Å²) in [5.74, 6) is 0.784. The van der Waals surface area contributed by atoms with Crippen LogP contribution >= 0.6 is 0 Å². The first-order valence-corrected chi connectivity index (χ1v) is 7.38. The molecule has 0 aliphatic rings. The number of aliphatic hydroxyl groups is 1. The Hall–Kier alpha value is -2.07. The summed E-state index contributed by atoms with van der Waals surface area (Å²) in [6.07, 6.45) is 2.09. The molecule has 2 N–H and O–H groups in total. The molecule has 0 atom stereocenters. The molecular formula is C18H23NO3. The fourth-order valence-electron chi connectivity index (χ4n) is 2.59. The van der Waals surface area contributed by atoms with E-state index in [0.717, 1.165) is 22.4 Å². The van der Waals surface area contributed by atoms with E-state index in [2.05, 4.69) is 25.8 Å². The molecule has 118 valence electrons. The third kappa shape index (κ3) is 3.22. The molecular weight excluding hydrogens is 278 g/mol. The molecule has 0 radical (unpaired) electrons. The zero-order valence-corrected chi connectivity index (χ0v) is 13.6. The van der Waals surface area contributed by atoms with Crippen molar-refractivity contribution in [2.75, 3.05) is 13.7 Å². The summed E-state index contributed by atoms with van der Waals surface area (Å²) in [7, 11) is 1.64. The van der Waals surface area contributed by atoms with E-state index in [1.54, 1.807) is 25.4 Å². The lowest BCUT2D eigenvalue weighted by molar-refractivity contribution is 0.299. The highest BCUT2D eigenvalue weighted by molar-refractivity contribution is 5.70. The predicted molar refractivity (Wildman–Crippen MR) is 88.5 cm³/mol. The van der Waals surface area contributed by atoms with Crippen molar-refractivity contribution in [1.82, 2.24) is 4.98 Å². The molecule has 1 aromatic heterocycles. The second-order valence-corrected chi connectivity index (χ2v) is 6.35. The highest BCUT2D eigenvalue weighted by Crippen LogP contribution is 2.36. The lowest BCUT2D eigenvalue weighted by atomic mass is 9.83. The van der Waals surface area contributed by atoms with Crippen molar-refractivity contribution in [3.63, 3.8) is 0 Å². The number of benzene rings is 1. The molecule has 0 fully saturated rings. The molecule has 0 saturated carbocycles. The van der Waals surface area contributed by atoms with Crippen molar-refractivity contribution in [2.45, 2.75) is 32.6 Å². The van der Waals surface area contributed by atoms with E-state index in [4.69, 9.17) is 4.74 Å². The number of ether oxygens (including phenoxy) is 1. The Morgan fingerprint density at radius 2 is 1.95 bits per heavy atom. The highest BCUT2D eigenvalue weighted by atomic mass is 16.5. The summed E-state index contributed by atoms with van der Waals surface area (Å²) in [6.45, 7) is 6.34. The van der Waals surface area contributed by atoms with Gasteiger partial charge in [-0.3, -0.25) is 4.79 Å². The van der Waals surface area contributed by atoms with Gasteiger partial charge in [-0.1, -0.05) is 20.8 Å². The largest absolute Gasteiger partial charge is 0.496 e. The van der Waals surface area contributed by atoms with Gasteiger partial charge in [0.15, 0.2) is 0 Å². The normalized spacial score (nSPS) is 11.5. The number of methoxy groups -OCH3 is 1. The molecule has 22 heavy (non-hydrogen) atoms. The molecule has 0 bridgehead atoms. The van der Waals surface area contributed by atoms with Crippen LogP contribution in [0.4, 0.5) is 0 Å². The van der Waals surface area contributed by atoms with Crippen LogP contribution in [-0.4, -0.2) is 23.8 Å². The van der Waals surface area contributed by atoms with Crippen LogP contribution in [0.15, 0.2) is 35.3 Å². The molecule has 2 aromatic rings. The van der Waals surface area contributed by atoms with Gasteiger partial charge in [0.05, 0.1) is 7.11 Å². The van der Waals surface area contributed by atoms with Crippen LogP contribution in [0.2, 0.25) is 0 Å². The van der Waals surface area contributed by atoms with Gasteiger partial charge in [0.25, 0.3) is 5.56 Å². The summed E-state index contributed by atoms with van der Waals surface area (Å²) in [4.78, 5) is 14.8. The number of nitrogens with one attached hydrogen (secondary N) is 1. The van der Waals surface area contributed by atoms with Gasteiger partial charge in [-0.15, -0.1) is 0 Å². The molecule has 4 nitrogen and oxygen atoms in total. The van der Waals surface area contributed by atoms with Gasteiger partial charge in [0.2, 0.25) is 0 Å². The van der Waals surface area contributed by atoms with E-state index in [-0.39, 0.29) is 17.6 Å². The van der Waals surface area contributed by atoms with E-state index >= 15 is 0 Å². The van der Waals surface area contributed by atoms with Crippen molar-refractivity contribution < 1.29 is 9.84 Å². The van der Waals surface area contributed by atoms with E-state index in [1.165, 1.54) is 0 Å². The smallest absolute Gasteiger partial charge is 0.255 e. The second-order valence-electron chi connectivity index (χ2n) is 6.35. The third-order valence-electron chi connectivity index (χ3n) is 3.72. The summed E-state index contributed by atoms with van der Waals surface area (Å²) in [6, 6.07) is 7.54. The number of hydrogen-bond acceptors (Lipinski definition) is 3. The van der Waals surface area contributed by atoms with E-state index < -0.39 is 0 Å². The van der Waals surface area contributed by atoms with Crippen molar-refractivity contribution in [1.29, 1.82) is 0 Å². The minimum atomic E-state index is -0.133. The van der Waals surface area contributed by atoms with Gasteiger partial charge < -0.3 is 14.8 Å². The maximum atomic E-state index is 12.1. The Balaban J connectivity index is 2.76. The maximum Gasteiger partial charge on any atom is 0.255 e. The van der Waals surface area contributed by atoms with E-state index in [9.17, 15) is 9.90 Å². The van der Waals surface area contributed by atoms with Crippen molar-refractivity contribution >= 4 is 0 Å². The number of H-pyrrole nitrogens is 1. The zero-order valence-electron chi connectivity index (χ0n) is 13.6. The SMILES string of the molecule is COc1cc(CCO)c(-c2ccc[nH]c2=O)cc1C(C)(C)C. The van der Waals surface area contributed by atoms with Crippen LogP contribution in [0.1, 0.15) is 31.9 Å². The molecule has 1 aromatic carbocycles. The van der Waals surface area contributed by atoms with Crippen LogP contribution in [0.5, 0.6) is 5.75 Å². The number of hydrogen-bond donors (Lipinski definition) is 2. The van der Waals surface area contributed by atoms with E-state index in [1.807, 2.05) is 12.1 Å². The van der Waals surface area contributed by atoms with Gasteiger partial charge in [-0.25, -0.2) is 0 Å². The third-order valence-corrected chi connectivity index (χ3v) is 3.72. The fraction of sp³-hybridized carbons (Fsp3) is 0.389. The maximum absolute atomic E-state index is 12.1. The summed E-state index contributed by atoms with van der Waals surface area (Å²) in [5.41, 5.74) is 3.16. The average molecular weight is 301 g/mol. The predicted octanol–water partition coefficient (Wildman–Crippen LogP) is 2.88. The number of aromatic amines is 1. The number of aromatic nitrogens is 1. The molecule has 2 rings (SSSR count). The van der Waals surface area contributed by atoms with Gasteiger partial charge >= 0.3 is 0 Å². The molecule has 0 spiro atoms. The van der Waals surface area contributed by atoms with Gasteiger partial charge in [0, 0.05) is 23.9 Å². The molecule has 1 heterocycles. The fourth-order valence-corrected chi connectivity index (χ4v) is 2.59. The second kappa shape index (κ2) is 6.36. The van der Waals surface area contributed by atoms with Crippen LogP contribution in [-0.2, 0) is 11.8 Å². The molecule has 0 unspecified atom stereocenters. The molecule has 0 aliphatic carbocycles. The van der Waals surface area contributed by atoms with Gasteiger partial charge in [0.1, 0.15) is 5.75 Å². The highest BCUT2D eigenvalue weighted by Gasteiger charge is 2.22. The molecule has 4 heteroatoms. The van der Waals surface area contributed by atoms with Crippen molar-refractivity contribution in [3.8, 4) is 16.9 Å². The Labute approximate surface area is 130 Å². The van der Waals surface area contributed by atoms with E-state index in [0.29, 0.717) is 12.0 Å². The standard InChI is InChI=1S/C18H23NO3/c1-18(2,3)15-11-14(13-6-5-8-19-17(13)21)12(7-9-20)10-16(15)22-4/h5-6,8,10-11,20H,7,9H2,1-4H3,(H,19,21). The zero-order chi connectivity index (χ0) is 16.3. The monoisotopic (exact) mass is 301 g/mol. The minimum Gasteiger partial charge on any atom is -0.496 e.